The largest absolute Gasteiger partial charge is 0.475 e. The summed E-state index contributed by atoms with van der Waals surface area (Å²) in [5.41, 5.74) is 0.501. The van der Waals surface area contributed by atoms with Gasteiger partial charge in [0.2, 0.25) is 5.88 Å². The van der Waals surface area contributed by atoms with Gasteiger partial charge >= 0.3 is 0 Å². The molecule has 1 aliphatic rings. The maximum absolute atomic E-state index is 13.0. The molecule has 1 fully saturated rings. The summed E-state index contributed by atoms with van der Waals surface area (Å²) in [6.45, 7) is 4.22. The van der Waals surface area contributed by atoms with Gasteiger partial charge in [-0.2, -0.15) is 0 Å². The van der Waals surface area contributed by atoms with E-state index in [4.69, 9.17) is 9.47 Å². The van der Waals surface area contributed by atoms with Crippen LogP contribution in [0.5, 0.6) is 5.88 Å². The molecule has 1 saturated heterocycles. The number of amides is 1. The van der Waals surface area contributed by atoms with Crippen molar-refractivity contribution in [1.82, 2.24) is 19.4 Å². The van der Waals surface area contributed by atoms with Crippen LogP contribution in [0.1, 0.15) is 35.1 Å². The summed E-state index contributed by atoms with van der Waals surface area (Å²) in [7, 11) is 1.61. The molecule has 3 heterocycles. The molecule has 0 aromatic carbocycles. The Balaban J connectivity index is 1.73. The van der Waals surface area contributed by atoms with E-state index < -0.39 is 0 Å². The second kappa shape index (κ2) is 8.11. The molecule has 0 N–H and O–H groups in total. The molecule has 0 bridgehead atoms. The Bertz CT molecular complexity index is 716. The Morgan fingerprint density at radius 3 is 2.96 bits per heavy atom. The number of carbonyl (C=O) groups excluding carboxylic acids is 1. The summed E-state index contributed by atoms with van der Waals surface area (Å²) in [6, 6.07) is 3.79. The predicted molar refractivity (Wildman–Crippen MR) is 92.7 cm³/mol. The van der Waals surface area contributed by atoms with Gasteiger partial charge in [-0.15, -0.1) is 0 Å². The number of methoxy groups -OCH3 is 1. The number of ether oxygens (including phenoxy) is 2. The van der Waals surface area contributed by atoms with E-state index in [9.17, 15) is 4.79 Å². The van der Waals surface area contributed by atoms with Crippen LogP contribution < -0.4 is 4.74 Å². The van der Waals surface area contributed by atoms with Crippen LogP contribution in [0.25, 0.3) is 0 Å². The van der Waals surface area contributed by atoms with Crippen LogP contribution in [0, 0.1) is 6.92 Å². The lowest BCUT2D eigenvalue weighted by molar-refractivity contribution is 0.0670. The van der Waals surface area contributed by atoms with Crippen molar-refractivity contribution in [3.05, 3.63) is 42.1 Å². The van der Waals surface area contributed by atoms with Crippen molar-refractivity contribution >= 4 is 5.91 Å². The van der Waals surface area contributed by atoms with Gasteiger partial charge in [0.25, 0.3) is 5.91 Å². The number of nitrogens with zero attached hydrogens (tertiary/aromatic N) is 4. The molecule has 7 heteroatoms. The fourth-order valence-corrected chi connectivity index (χ4v) is 3.20. The normalized spacial score (nSPS) is 17.5. The smallest absolute Gasteiger partial charge is 0.259 e. The van der Waals surface area contributed by atoms with Crippen LogP contribution in [0.4, 0.5) is 0 Å². The molecule has 0 spiro atoms. The van der Waals surface area contributed by atoms with Gasteiger partial charge in [-0.3, -0.25) is 4.79 Å². The van der Waals surface area contributed by atoms with Crippen molar-refractivity contribution < 1.29 is 14.3 Å². The number of imidazole rings is 1. The van der Waals surface area contributed by atoms with E-state index in [1.54, 1.807) is 31.6 Å². The zero-order valence-corrected chi connectivity index (χ0v) is 14.7. The van der Waals surface area contributed by atoms with Crippen LogP contribution >= 0.6 is 0 Å². The minimum absolute atomic E-state index is 0.0389. The van der Waals surface area contributed by atoms with E-state index in [2.05, 4.69) is 14.5 Å². The highest BCUT2D eigenvalue weighted by atomic mass is 16.5. The molecule has 1 aliphatic heterocycles. The monoisotopic (exact) mass is 344 g/mol. The predicted octanol–water partition coefficient (Wildman–Crippen LogP) is 2.09. The van der Waals surface area contributed by atoms with Gasteiger partial charge < -0.3 is 18.9 Å². The van der Waals surface area contributed by atoms with Crippen molar-refractivity contribution in [2.45, 2.75) is 25.8 Å². The number of piperidine rings is 1. The van der Waals surface area contributed by atoms with Crippen molar-refractivity contribution in [3.8, 4) is 5.88 Å². The first-order valence-corrected chi connectivity index (χ1v) is 8.56. The maximum Gasteiger partial charge on any atom is 0.259 e. The van der Waals surface area contributed by atoms with Crippen LogP contribution in [0.2, 0.25) is 0 Å². The highest BCUT2D eigenvalue weighted by molar-refractivity contribution is 5.96. The molecule has 0 aliphatic carbocycles. The zero-order valence-electron chi connectivity index (χ0n) is 14.7. The van der Waals surface area contributed by atoms with Gasteiger partial charge in [0.15, 0.2) is 0 Å². The van der Waals surface area contributed by atoms with E-state index >= 15 is 0 Å². The Hall–Kier alpha value is -2.41. The number of aryl methyl sites for hydroxylation is 1. The fraction of sp³-hybridized carbons (Fsp3) is 0.500. The first-order valence-electron chi connectivity index (χ1n) is 8.56. The van der Waals surface area contributed by atoms with Crippen LogP contribution in [0.3, 0.4) is 0 Å². The van der Waals surface area contributed by atoms with Crippen molar-refractivity contribution in [2.24, 2.45) is 0 Å². The number of likely N-dealkylation sites (tertiary alicyclic amines) is 1. The summed E-state index contributed by atoms with van der Waals surface area (Å²) in [5, 5.41) is 0. The quantitative estimate of drug-likeness (QED) is 0.751. The topological polar surface area (TPSA) is 69.5 Å². The van der Waals surface area contributed by atoms with Gasteiger partial charge in [0.05, 0.1) is 12.6 Å². The minimum Gasteiger partial charge on any atom is -0.475 e. The van der Waals surface area contributed by atoms with Gasteiger partial charge in [-0.05, 0) is 31.9 Å². The number of pyridine rings is 1. The van der Waals surface area contributed by atoms with E-state index in [1.807, 2.05) is 18.0 Å². The van der Waals surface area contributed by atoms with Gasteiger partial charge in [-0.25, -0.2) is 9.97 Å². The molecule has 3 rings (SSSR count). The summed E-state index contributed by atoms with van der Waals surface area (Å²) in [4.78, 5) is 23.4. The Morgan fingerprint density at radius 1 is 1.32 bits per heavy atom. The lowest BCUT2D eigenvalue weighted by atomic mass is 10.0. The molecule has 25 heavy (non-hydrogen) atoms. The Kier molecular flexibility index (Phi) is 5.65. The molecule has 1 amide bonds. The van der Waals surface area contributed by atoms with Crippen molar-refractivity contribution in [2.75, 3.05) is 33.4 Å². The minimum atomic E-state index is -0.0389. The molecule has 1 atom stereocenters. The highest BCUT2D eigenvalue weighted by Crippen LogP contribution is 2.25. The van der Waals surface area contributed by atoms with Gasteiger partial charge in [0.1, 0.15) is 18.0 Å². The zero-order chi connectivity index (χ0) is 17.6. The molecule has 2 aromatic rings. The third kappa shape index (κ3) is 3.99. The van der Waals surface area contributed by atoms with Gasteiger partial charge in [-0.1, -0.05) is 0 Å². The summed E-state index contributed by atoms with van der Waals surface area (Å²) in [5.74, 6) is 1.30. The molecule has 0 saturated carbocycles. The van der Waals surface area contributed by atoms with E-state index in [1.165, 1.54) is 0 Å². The fourth-order valence-electron chi connectivity index (χ4n) is 3.20. The average Bonchev–Trinajstić information content (AvgIpc) is 3.08. The summed E-state index contributed by atoms with van der Waals surface area (Å²) < 4.78 is 12.8. The molecule has 0 radical (unpaired) electrons. The number of hydrogen-bond donors (Lipinski definition) is 0. The third-order valence-electron chi connectivity index (χ3n) is 4.47. The standard InChI is InChI=1S/C18H24N4O3/c1-14-19-8-10-22(14)15-5-4-9-21(13-15)18(23)16-6-3-7-20-17(16)25-12-11-24-2/h3,6-8,10,15H,4-5,9,11-13H2,1-2H3/t15-/m1/s1. The summed E-state index contributed by atoms with van der Waals surface area (Å²) >= 11 is 0. The lowest BCUT2D eigenvalue weighted by Gasteiger charge is -2.34. The number of carbonyl (C=O) groups is 1. The number of hydrogen-bond acceptors (Lipinski definition) is 5. The first kappa shape index (κ1) is 17.4. The van der Waals surface area contributed by atoms with Crippen LogP contribution in [0.15, 0.2) is 30.7 Å². The maximum atomic E-state index is 13.0. The molecule has 0 unspecified atom stereocenters. The van der Waals surface area contributed by atoms with Gasteiger partial charge in [0, 0.05) is 38.8 Å². The molecule has 2 aromatic heterocycles. The second-order valence-electron chi connectivity index (χ2n) is 6.13. The van der Waals surface area contributed by atoms with Crippen LogP contribution in [-0.2, 0) is 4.74 Å². The molecule has 134 valence electrons. The van der Waals surface area contributed by atoms with E-state index in [0.29, 0.717) is 31.2 Å². The summed E-state index contributed by atoms with van der Waals surface area (Å²) in [6.07, 6.45) is 7.43. The highest BCUT2D eigenvalue weighted by Gasteiger charge is 2.28. The average molecular weight is 344 g/mol. The Morgan fingerprint density at radius 2 is 2.20 bits per heavy atom. The first-order chi connectivity index (χ1) is 12.2. The van der Waals surface area contributed by atoms with Crippen molar-refractivity contribution in [3.63, 3.8) is 0 Å². The SMILES string of the molecule is COCCOc1ncccc1C(=O)N1CCC[C@@H](n2ccnc2C)C1. The third-order valence-corrected chi connectivity index (χ3v) is 4.47. The lowest BCUT2D eigenvalue weighted by Crippen LogP contribution is -2.41. The second-order valence-corrected chi connectivity index (χ2v) is 6.13. The van der Waals surface area contributed by atoms with E-state index in [0.717, 1.165) is 25.2 Å². The number of rotatable bonds is 6. The van der Waals surface area contributed by atoms with Crippen molar-refractivity contribution in [1.29, 1.82) is 0 Å². The molecular formula is C18H24N4O3. The molecule has 7 nitrogen and oxygen atoms in total. The van der Waals surface area contributed by atoms with E-state index in [-0.39, 0.29) is 11.9 Å². The number of aromatic nitrogens is 3. The Labute approximate surface area is 147 Å². The van der Waals surface area contributed by atoms with Crippen LogP contribution in [-0.4, -0.2) is 58.8 Å². The molecular weight excluding hydrogens is 320 g/mol.